The van der Waals surface area contributed by atoms with Gasteiger partial charge in [-0.3, -0.25) is 33.6 Å². The van der Waals surface area contributed by atoms with E-state index in [1.54, 1.807) is 45.0 Å². The molecule has 2 aliphatic carbocycles. The molecule has 0 spiro atoms. The summed E-state index contributed by atoms with van der Waals surface area (Å²) in [6.07, 6.45) is 5.67. The van der Waals surface area contributed by atoms with E-state index < -0.39 is 59.0 Å². The maximum Gasteiger partial charge on any atom is 0.251 e. The molecule has 8 rings (SSSR count). The third-order valence-electron chi connectivity index (χ3n) is 16.6. The molecule has 4 aromatic carbocycles. The summed E-state index contributed by atoms with van der Waals surface area (Å²) >= 11 is 0. The molecule has 17 nitrogen and oxygen atoms in total. The molecule has 9 unspecified atom stereocenters. The van der Waals surface area contributed by atoms with Gasteiger partial charge in [0.2, 0.25) is 35.4 Å². The molecule has 1 fully saturated rings. The highest BCUT2D eigenvalue weighted by Crippen LogP contribution is 2.35. The predicted octanol–water partition coefficient (Wildman–Crippen LogP) is 5.88. The normalized spacial score (nSPS) is 21.2. The molecular formula is C63H83N9O8. The summed E-state index contributed by atoms with van der Waals surface area (Å²) in [5.41, 5.74) is 6.10. The minimum Gasteiger partial charge on any atom is -0.489 e. The fourth-order valence-electron chi connectivity index (χ4n) is 11.5. The van der Waals surface area contributed by atoms with Crippen LogP contribution in [0.25, 0.3) is 0 Å². The average Bonchev–Trinajstić information content (AvgIpc) is 3.89. The smallest absolute Gasteiger partial charge is 0.251 e. The average molecular weight is 1090 g/mol. The van der Waals surface area contributed by atoms with Gasteiger partial charge < -0.3 is 51.8 Å². The zero-order valence-electron chi connectivity index (χ0n) is 48.3. The van der Waals surface area contributed by atoms with E-state index in [1.165, 1.54) is 16.0 Å². The van der Waals surface area contributed by atoms with Crippen molar-refractivity contribution in [3.05, 3.63) is 136 Å². The molecule has 0 aromatic heterocycles. The van der Waals surface area contributed by atoms with Crippen LogP contribution in [-0.2, 0) is 61.2 Å². The number of aryl methyl sites for hydroxylation is 2. The largest absolute Gasteiger partial charge is 0.489 e. The number of carbonyl (C=O) groups excluding carboxylic acids is 7. The van der Waals surface area contributed by atoms with Gasteiger partial charge in [0.15, 0.2) is 0 Å². The number of hydrogen-bond acceptors (Lipinski definition) is 10. The summed E-state index contributed by atoms with van der Waals surface area (Å²) in [4.78, 5) is 102. The van der Waals surface area contributed by atoms with Crippen LogP contribution in [0.2, 0.25) is 0 Å². The van der Waals surface area contributed by atoms with Gasteiger partial charge in [0.05, 0.1) is 24.2 Å². The van der Waals surface area contributed by atoms with Gasteiger partial charge in [-0.25, -0.2) is 0 Å². The van der Waals surface area contributed by atoms with Crippen LogP contribution < -0.4 is 42.0 Å². The highest BCUT2D eigenvalue weighted by Gasteiger charge is 2.47. The Morgan fingerprint density at radius 2 is 1.11 bits per heavy atom. The summed E-state index contributed by atoms with van der Waals surface area (Å²) in [7, 11) is 3.36. The molecule has 4 aromatic rings. The molecule has 0 radical (unpaired) electrons. The quantitative estimate of drug-likeness (QED) is 0.0666. The molecule has 2 heterocycles. The number of amides is 7. The number of carbonyl (C=O) groups is 7. The number of fused-ring (bicyclic) bond motifs is 3. The second-order valence-corrected chi connectivity index (χ2v) is 24.5. The van der Waals surface area contributed by atoms with Crippen LogP contribution in [0.4, 0.5) is 0 Å². The number of hydrogen-bond donors (Lipinski definition) is 7. The highest BCUT2D eigenvalue weighted by molar-refractivity contribution is 5.97. The van der Waals surface area contributed by atoms with Gasteiger partial charge in [-0.05, 0) is 147 Å². The summed E-state index contributed by atoms with van der Waals surface area (Å²) in [5, 5.41) is 21.5. The highest BCUT2D eigenvalue weighted by atomic mass is 16.5. The maximum absolute atomic E-state index is 14.8. The van der Waals surface area contributed by atoms with Crippen LogP contribution in [0.1, 0.15) is 149 Å². The molecular weight excluding hydrogens is 1010 g/mol. The fraction of sp³-hybridized carbons (Fsp3) is 0.508. The van der Waals surface area contributed by atoms with Crippen LogP contribution in [0, 0.1) is 10.8 Å². The summed E-state index contributed by atoms with van der Waals surface area (Å²) in [5.74, 6) is -1.74. The second-order valence-electron chi connectivity index (χ2n) is 24.5. The van der Waals surface area contributed by atoms with Crippen molar-refractivity contribution in [1.29, 1.82) is 0 Å². The van der Waals surface area contributed by atoms with E-state index in [2.05, 4.69) is 55.4 Å². The van der Waals surface area contributed by atoms with Crippen molar-refractivity contribution in [2.45, 2.75) is 174 Å². The number of benzene rings is 4. The minimum absolute atomic E-state index is 0.0708. The fourth-order valence-corrected chi connectivity index (χ4v) is 11.5. The van der Waals surface area contributed by atoms with E-state index in [4.69, 9.17) is 4.74 Å². The zero-order chi connectivity index (χ0) is 57.6. The topological polar surface area (TPSA) is 219 Å². The van der Waals surface area contributed by atoms with E-state index >= 15 is 0 Å². The third-order valence-corrected chi connectivity index (χ3v) is 16.6. The van der Waals surface area contributed by atoms with Crippen LogP contribution >= 0.6 is 0 Å². The maximum atomic E-state index is 14.8. The Balaban J connectivity index is 0.955. The monoisotopic (exact) mass is 1090 g/mol. The lowest BCUT2D eigenvalue weighted by Gasteiger charge is -2.41. The lowest BCUT2D eigenvalue weighted by molar-refractivity contribution is -0.147. The Labute approximate surface area is 471 Å². The summed E-state index contributed by atoms with van der Waals surface area (Å²) in [6, 6.07) is 23.3. The summed E-state index contributed by atoms with van der Waals surface area (Å²) in [6.45, 7) is 15.2. The molecule has 2 aliphatic heterocycles. The molecule has 0 bridgehead atoms. The predicted molar refractivity (Wildman–Crippen MR) is 307 cm³/mol. The van der Waals surface area contributed by atoms with E-state index in [0.29, 0.717) is 11.3 Å². The van der Waals surface area contributed by atoms with Crippen LogP contribution in [0.5, 0.6) is 5.75 Å². The number of likely N-dealkylation sites (tertiary alicyclic amines) is 1. The van der Waals surface area contributed by atoms with Gasteiger partial charge >= 0.3 is 0 Å². The van der Waals surface area contributed by atoms with Crippen molar-refractivity contribution >= 4 is 41.4 Å². The van der Waals surface area contributed by atoms with Crippen LogP contribution in [0.15, 0.2) is 91.0 Å². The van der Waals surface area contributed by atoms with Gasteiger partial charge in [0.25, 0.3) is 5.91 Å². The Kier molecular flexibility index (Phi) is 18.5. The molecule has 0 saturated carbocycles. The SMILES string of the molecule is CNC(C)C(=O)NC(C(=O)N1Cc2ccc(OCc3ccc(C(=O)NC4CC(C(=O)NC5CCCc6ccccc65)N(C(=O)C(NC(=O)C(C)NC)C(C)(C)C)C4)cc3)cc2CC1C(=O)NC1CCCc2ccccc21)C(C)(C)C. The van der Waals surface area contributed by atoms with Gasteiger partial charge in [-0.2, -0.15) is 0 Å². The van der Waals surface area contributed by atoms with Gasteiger partial charge in [-0.15, -0.1) is 0 Å². The minimum atomic E-state index is -0.947. The first-order chi connectivity index (χ1) is 38.0. The molecule has 428 valence electrons. The lowest BCUT2D eigenvalue weighted by atomic mass is 9.83. The van der Waals surface area contributed by atoms with E-state index in [9.17, 15) is 33.6 Å². The number of nitrogens with zero attached hydrogens (tertiary/aromatic N) is 2. The van der Waals surface area contributed by atoms with Crippen molar-refractivity contribution in [1.82, 2.24) is 47.0 Å². The number of nitrogens with one attached hydrogen (secondary N) is 7. The second kappa shape index (κ2) is 25.1. The number of ether oxygens (including phenoxy) is 1. The number of rotatable bonds is 17. The van der Waals surface area contributed by atoms with Crippen molar-refractivity contribution in [3.8, 4) is 5.75 Å². The van der Waals surface area contributed by atoms with Crippen molar-refractivity contribution in [2.75, 3.05) is 20.6 Å². The molecule has 17 heteroatoms. The molecule has 9 atom stereocenters. The summed E-state index contributed by atoms with van der Waals surface area (Å²) < 4.78 is 6.34. The molecule has 80 heavy (non-hydrogen) atoms. The van der Waals surface area contributed by atoms with E-state index in [1.807, 2.05) is 102 Å². The van der Waals surface area contributed by atoms with Crippen LogP contribution in [-0.4, -0.2) is 114 Å². The van der Waals surface area contributed by atoms with Crippen molar-refractivity contribution in [2.24, 2.45) is 10.8 Å². The molecule has 7 N–H and O–H groups in total. The first-order valence-electron chi connectivity index (χ1n) is 28.5. The lowest BCUT2D eigenvalue weighted by Crippen LogP contribution is -2.62. The Morgan fingerprint density at radius 1 is 0.600 bits per heavy atom. The van der Waals surface area contributed by atoms with E-state index in [-0.39, 0.29) is 80.1 Å². The molecule has 7 amide bonds. The molecule has 4 aliphatic rings. The number of likely N-dealkylation sites (N-methyl/N-ethyl adjacent to an activating group) is 2. The van der Waals surface area contributed by atoms with Crippen molar-refractivity contribution in [3.63, 3.8) is 0 Å². The first-order valence-corrected chi connectivity index (χ1v) is 28.5. The van der Waals surface area contributed by atoms with Gasteiger partial charge in [0, 0.05) is 31.1 Å². The Morgan fingerprint density at radius 3 is 1.64 bits per heavy atom. The van der Waals surface area contributed by atoms with Gasteiger partial charge in [0.1, 0.15) is 36.5 Å². The zero-order valence-corrected chi connectivity index (χ0v) is 48.3. The Bertz CT molecular complexity index is 2930. The first kappa shape index (κ1) is 59.0. The van der Waals surface area contributed by atoms with Crippen molar-refractivity contribution < 1.29 is 38.3 Å². The van der Waals surface area contributed by atoms with Crippen LogP contribution in [0.3, 0.4) is 0 Å². The third kappa shape index (κ3) is 13.7. The van der Waals surface area contributed by atoms with E-state index in [0.717, 1.165) is 66.3 Å². The Hall–Kier alpha value is -7.11. The molecule has 1 saturated heterocycles. The standard InChI is InChI=1S/C63H83N9O8/c1-37(64-9)55(73)69-53(62(3,4)5)60(78)71-34-43-29-30-46(31-44(43)32-51(71)58(76)67-49-23-15-19-40-17-11-13-21-47(40)49)80-36-39-25-27-42(28-26-39)57(75)66-45-33-52(59(77)68-50-24-16-20-41-18-12-14-22-48(41)50)72(35-45)61(79)54(63(6,7)8)70-56(74)38(2)65-10/h11-14,17-18,21-22,25-31,37-38,45,49-54,64-65H,15-16,19-20,23-24,32-36H2,1-10H3,(H,66,75)(H,67,76)(H,68,77)(H,69,73)(H,70,74). The van der Waals surface area contributed by atoms with Gasteiger partial charge in [-0.1, -0.05) is 108 Å².